The molecule has 4 saturated carbocycles. The molecule has 0 amide bonds. The zero-order chi connectivity index (χ0) is 11.4. The average Bonchev–Trinajstić information content (AvgIpc) is 2.11. The first-order valence-electron chi connectivity index (χ1n) is 6.62. The predicted octanol–water partition coefficient (Wildman–Crippen LogP) is 2.64. The van der Waals surface area contributed by atoms with Crippen LogP contribution in [-0.4, -0.2) is 20.4 Å². The number of hydrogen-bond donors (Lipinski definition) is 0. The molecule has 3 heteroatoms. The van der Waals surface area contributed by atoms with E-state index in [4.69, 9.17) is 0 Å². The van der Waals surface area contributed by atoms with Crippen molar-refractivity contribution in [3.8, 4) is 0 Å². The van der Waals surface area contributed by atoms with Gasteiger partial charge in [0.1, 0.15) is 9.84 Å². The van der Waals surface area contributed by atoms with Crippen molar-refractivity contribution in [3.63, 3.8) is 0 Å². The molecule has 0 heterocycles. The van der Waals surface area contributed by atoms with Crippen LogP contribution in [0.1, 0.15) is 44.9 Å². The van der Waals surface area contributed by atoms with Gasteiger partial charge in [-0.1, -0.05) is 0 Å². The summed E-state index contributed by atoms with van der Waals surface area (Å²) in [5.74, 6) is 3.22. The van der Waals surface area contributed by atoms with E-state index in [1.165, 1.54) is 44.8 Å². The molecule has 0 saturated heterocycles. The lowest BCUT2D eigenvalue weighted by atomic mass is 9.49. The summed E-state index contributed by atoms with van der Waals surface area (Å²) < 4.78 is 22.6. The quantitative estimate of drug-likeness (QED) is 0.762. The van der Waals surface area contributed by atoms with E-state index in [-0.39, 0.29) is 0 Å². The van der Waals surface area contributed by atoms with Crippen molar-refractivity contribution < 1.29 is 8.42 Å². The Labute approximate surface area is 98.7 Å². The number of hydrogen-bond acceptors (Lipinski definition) is 2. The van der Waals surface area contributed by atoms with Crippen LogP contribution in [0.15, 0.2) is 0 Å². The molecule has 0 N–H and O–H groups in total. The Hall–Kier alpha value is -0.0500. The fourth-order valence-corrected chi connectivity index (χ4v) is 5.80. The standard InChI is InChI=1S/C13H22O2S/c1-16(14,15)3-2-13-7-10-4-11(8-13)6-12(5-10)9-13/h10-12H,2-9H2,1H3. The van der Waals surface area contributed by atoms with Crippen LogP contribution in [0.5, 0.6) is 0 Å². The minimum absolute atomic E-state index is 0.416. The minimum Gasteiger partial charge on any atom is -0.229 e. The summed E-state index contributed by atoms with van der Waals surface area (Å²) in [5, 5.41) is 0. The Morgan fingerprint density at radius 3 is 1.81 bits per heavy atom. The Morgan fingerprint density at radius 1 is 1.00 bits per heavy atom. The molecular weight excluding hydrogens is 220 g/mol. The molecule has 16 heavy (non-hydrogen) atoms. The van der Waals surface area contributed by atoms with E-state index < -0.39 is 9.84 Å². The van der Waals surface area contributed by atoms with Gasteiger partial charge in [0.05, 0.1) is 5.75 Å². The van der Waals surface area contributed by atoms with Crippen molar-refractivity contribution >= 4 is 9.84 Å². The molecule has 0 aromatic carbocycles. The summed E-state index contributed by atoms with van der Waals surface area (Å²) in [6.45, 7) is 0. The smallest absolute Gasteiger partial charge is 0.147 e. The molecular formula is C13H22O2S. The van der Waals surface area contributed by atoms with Crippen LogP contribution in [0.3, 0.4) is 0 Å². The molecule has 0 aromatic heterocycles. The molecule has 92 valence electrons. The fraction of sp³-hybridized carbons (Fsp3) is 1.00. The molecule has 0 radical (unpaired) electrons. The third-order valence-corrected chi connectivity index (χ3v) is 6.11. The van der Waals surface area contributed by atoms with Gasteiger partial charge < -0.3 is 0 Å². The molecule has 4 rings (SSSR count). The normalized spacial score (nSPS) is 46.2. The van der Waals surface area contributed by atoms with Crippen molar-refractivity contribution in [2.45, 2.75) is 44.9 Å². The second-order valence-electron chi connectivity index (χ2n) is 6.80. The summed E-state index contributed by atoms with van der Waals surface area (Å²) in [6.07, 6.45) is 10.6. The second-order valence-corrected chi connectivity index (χ2v) is 9.06. The monoisotopic (exact) mass is 242 g/mol. The van der Waals surface area contributed by atoms with Gasteiger partial charge in [0, 0.05) is 6.26 Å². The highest BCUT2D eigenvalue weighted by atomic mass is 32.2. The molecule has 4 aliphatic carbocycles. The van der Waals surface area contributed by atoms with Crippen LogP contribution in [-0.2, 0) is 9.84 Å². The first kappa shape index (κ1) is 11.1. The van der Waals surface area contributed by atoms with Gasteiger partial charge in [0.25, 0.3) is 0 Å². The lowest BCUT2D eigenvalue weighted by Crippen LogP contribution is -2.46. The van der Waals surface area contributed by atoms with Crippen LogP contribution in [0, 0.1) is 23.2 Å². The van der Waals surface area contributed by atoms with Gasteiger partial charge in [0.2, 0.25) is 0 Å². The average molecular weight is 242 g/mol. The zero-order valence-electron chi connectivity index (χ0n) is 10.1. The van der Waals surface area contributed by atoms with E-state index in [2.05, 4.69) is 0 Å². The van der Waals surface area contributed by atoms with E-state index in [1.54, 1.807) is 0 Å². The van der Waals surface area contributed by atoms with Crippen LogP contribution in [0.4, 0.5) is 0 Å². The first-order valence-corrected chi connectivity index (χ1v) is 8.68. The number of rotatable bonds is 3. The molecule has 4 fully saturated rings. The zero-order valence-corrected chi connectivity index (χ0v) is 10.9. The molecule has 0 spiro atoms. The van der Waals surface area contributed by atoms with E-state index in [0.717, 1.165) is 24.2 Å². The molecule has 4 bridgehead atoms. The van der Waals surface area contributed by atoms with Crippen molar-refractivity contribution in [2.75, 3.05) is 12.0 Å². The van der Waals surface area contributed by atoms with Crippen LogP contribution in [0.2, 0.25) is 0 Å². The highest BCUT2D eigenvalue weighted by molar-refractivity contribution is 7.90. The van der Waals surface area contributed by atoms with Gasteiger partial charge in [-0.15, -0.1) is 0 Å². The highest BCUT2D eigenvalue weighted by Gasteiger charge is 2.50. The van der Waals surface area contributed by atoms with E-state index in [9.17, 15) is 8.42 Å². The van der Waals surface area contributed by atoms with Gasteiger partial charge in [0.15, 0.2) is 0 Å². The SMILES string of the molecule is CS(=O)(=O)CCC12CC3CC(CC(C3)C1)C2. The summed E-state index contributed by atoms with van der Waals surface area (Å²) in [7, 11) is -2.77. The summed E-state index contributed by atoms with van der Waals surface area (Å²) in [5.41, 5.74) is 0.428. The van der Waals surface area contributed by atoms with E-state index in [0.29, 0.717) is 11.2 Å². The molecule has 2 nitrogen and oxygen atoms in total. The molecule has 0 unspecified atom stereocenters. The van der Waals surface area contributed by atoms with Gasteiger partial charge >= 0.3 is 0 Å². The van der Waals surface area contributed by atoms with Crippen molar-refractivity contribution in [2.24, 2.45) is 23.2 Å². The topological polar surface area (TPSA) is 34.1 Å². The Balaban J connectivity index is 1.74. The molecule has 0 aliphatic heterocycles. The fourth-order valence-electron chi connectivity index (χ4n) is 5.00. The Morgan fingerprint density at radius 2 is 1.44 bits per heavy atom. The van der Waals surface area contributed by atoms with Crippen molar-refractivity contribution in [3.05, 3.63) is 0 Å². The van der Waals surface area contributed by atoms with Crippen molar-refractivity contribution in [1.29, 1.82) is 0 Å². The predicted molar refractivity (Wildman–Crippen MR) is 64.9 cm³/mol. The van der Waals surface area contributed by atoms with Crippen molar-refractivity contribution in [1.82, 2.24) is 0 Å². The molecule has 0 aromatic rings. The maximum Gasteiger partial charge on any atom is 0.147 e. The maximum absolute atomic E-state index is 11.3. The summed E-state index contributed by atoms with van der Waals surface area (Å²) >= 11 is 0. The van der Waals surface area contributed by atoms with Crippen LogP contribution in [0.25, 0.3) is 0 Å². The molecule has 4 aliphatic rings. The maximum atomic E-state index is 11.3. The van der Waals surface area contributed by atoms with Gasteiger partial charge in [-0.3, -0.25) is 0 Å². The Bertz CT molecular complexity index is 347. The van der Waals surface area contributed by atoms with E-state index >= 15 is 0 Å². The van der Waals surface area contributed by atoms with Gasteiger partial charge in [-0.05, 0) is 68.1 Å². The number of sulfone groups is 1. The van der Waals surface area contributed by atoms with E-state index in [1.807, 2.05) is 0 Å². The summed E-state index contributed by atoms with van der Waals surface area (Å²) in [6, 6.07) is 0. The van der Waals surface area contributed by atoms with Crippen LogP contribution >= 0.6 is 0 Å². The Kier molecular flexibility index (Phi) is 2.40. The third-order valence-electron chi connectivity index (χ3n) is 5.17. The third kappa shape index (κ3) is 2.03. The van der Waals surface area contributed by atoms with Gasteiger partial charge in [-0.25, -0.2) is 8.42 Å². The highest BCUT2D eigenvalue weighted by Crippen LogP contribution is 2.61. The second kappa shape index (κ2) is 3.47. The first-order chi connectivity index (χ1) is 7.44. The summed E-state index contributed by atoms with van der Waals surface area (Å²) in [4.78, 5) is 0. The van der Waals surface area contributed by atoms with Crippen LogP contribution < -0.4 is 0 Å². The lowest BCUT2D eigenvalue weighted by Gasteiger charge is -2.57. The largest absolute Gasteiger partial charge is 0.229 e. The lowest BCUT2D eigenvalue weighted by molar-refractivity contribution is -0.0540. The van der Waals surface area contributed by atoms with Gasteiger partial charge in [-0.2, -0.15) is 0 Å². The molecule has 0 atom stereocenters. The minimum atomic E-state index is -2.77.